The number of ether oxygens (including phenoxy) is 1. The Morgan fingerprint density at radius 1 is 1.09 bits per heavy atom. The standard InChI is InChI=1S/C12H22O10/c1-3-5(15)7(17)10(20)12(22-3)11(21)9(19)8(18)6(16)4(14)2-13/h3-10,12-20H,2H2,1H3/t3-,4+,5-,6+,7+,8-,9-,10+,12?/m0/s1/i12D. The fraction of sp³-hybridized carbons (Fsp3) is 0.917. The molecular formula is C12H22O10. The third-order valence-electron chi connectivity index (χ3n) is 3.50. The molecule has 0 aromatic carbocycles. The highest BCUT2D eigenvalue weighted by molar-refractivity contribution is 5.88. The van der Waals surface area contributed by atoms with E-state index in [1.807, 2.05) is 0 Å². The number of hydrogen-bond donors (Lipinski definition) is 8. The van der Waals surface area contributed by atoms with E-state index in [-0.39, 0.29) is 0 Å². The van der Waals surface area contributed by atoms with Crippen molar-refractivity contribution in [2.45, 2.75) is 61.8 Å². The van der Waals surface area contributed by atoms with E-state index >= 15 is 0 Å². The molecule has 10 nitrogen and oxygen atoms in total. The Kier molecular flexibility index (Phi) is 6.20. The zero-order valence-corrected chi connectivity index (χ0v) is 11.7. The van der Waals surface area contributed by atoms with Crippen LogP contribution in [0.25, 0.3) is 0 Å². The molecule has 0 radical (unpaired) electrons. The van der Waals surface area contributed by atoms with E-state index in [4.69, 9.17) is 11.2 Å². The summed E-state index contributed by atoms with van der Waals surface area (Å²) in [5.41, 5.74) is 0. The van der Waals surface area contributed by atoms with Crippen LogP contribution in [0.2, 0.25) is 0 Å². The van der Waals surface area contributed by atoms with Gasteiger partial charge in [-0.3, -0.25) is 4.79 Å². The first-order valence-corrected chi connectivity index (χ1v) is 6.58. The first-order chi connectivity index (χ1) is 10.5. The molecule has 10 heteroatoms. The van der Waals surface area contributed by atoms with Gasteiger partial charge in [-0.25, -0.2) is 0 Å². The predicted octanol–water partition coefficient (Wildman–Crippen LogP) is -5.14. The highest BCUT2D eigenvalue weighted by Crippen LogP contribution is 2.23. The van der Waals surface area contributed by atoms with Crippen LogP contribution in [0.5, 0.6) is 0 Å². The van der Waals surface area contributed by atoms with Crippen LogP contribution in [-0.4, -0.2) is 108 Å². The maximum absolute atomic E-state index is 12.2. The molecule has 0 aromatic heterocycles. The monoisotopic (exact) mass is 327 g/mol. The van der Waals surface area contributed by atoms with E-state index in [2.05, 4.69) is 0 Å². The molecular weight excluding hydrogens is 304 g/mol. The van der Waals surface area contributed by atoms with Crippen LogP contribution < -0.4 is 0 Å². The molecule has 0 spiro atoms. The van der Waals surface area contributed by atoms with Gasteiger partial charge in [0.25, 0.3) is 0 Å². The van der Waals surface area contributed by atoms with Crippen molar-refractivity contribution < 1.29 is 51.8 Å². The number of aliphatic hydroxyl groups is 8. The third-order valence-corrected chi connectivity index (χ3v) is 3.50. The van der Waals surface area contributed by atoms with Crippen LogP contribution in [0.3, 0.4) is 0 Å². The third kappa shape index (κ3) is 3.79. The van der Waals surface area contributed by atoms with Crippen molar-refractivity contribution in [1.82, 2.24) is 0 Å². The minimum absolute atomic E-state index is 0.966. The van der Waals surface area contributed by atoms with Gasteiger partial charge in [0.15, 0.2) is 5.78 Å². The Hall–Kier alpha value is -0.690. The van der Waals surface area contributed by atoms with Crippen LogP contribution >= 0.6 is 0 Å². The van der Waals surface area contributed by atoms with Gasteiger partial charge in [-0.2, -0.15) is 0 Å². The largest absolute Gasteiger partial charge is 0.394 e. The van der Waals surface area contributed by atoms with Gasteiger partial charge in [0.05, 0.1) is 14.1 Å². The van der Waals surface area contributed by atoms with Crippen molar-refractivity contribution in [1.29, 1.82) is 0 Å². The predicted molar refractivity (Wildman–Crippen MR) is 68.5 cm³/mol. The van der Waals surface area contributed by atoms with E-state index in [0.717, 1.165) is 0 Å². The van der Waals surface area contributed by atoms with Crippen LogP contribution in [0, 0.1) is 0 Å². The summed E-state index contributed by atoms with van der Waals surface area (Å²) in [6, 6.07) is 0. The quantitative estimate of drug-likeness (QED) is 0.234. The van der Waals surface area contributed by atoms with Crippen molar-refractivity contribution in [3.05, 3.63) is 0 Å². The fourth-order valence-electron chi connectivity index (χ4n) is 1.99. The number of carbonyl (C=O) groups excluding carboxylic acids is 1. The van der Waals surface area contributed by atoms with Gasteiger partial charge >= 0.3 is 0 Å². The summed E-state index contributed by atoms with van der Waals surface area (Å²) in [6.07, 6.45) is -18.6. The van der Waals surface area contributed by atoms with E-state index < -0.39 is 67.3 Å². The van der Waals surface area contributed by atoms with Gasteiger partial charge < -0.3 is 45.6 Å². The average Bonchev–Trinajstić information content (AvgIpc) is 2.54. The summed E-state index contributed by atoms with van der Waals surface area (Å²) in [7, 11) is 0. The van der Waals surface area contributed by atoms with Gasteiger partial charge in [0, 0.05) is 0 Å². The molecule has 1 rings (SSSR count). The summed E-state index contributed by atoms with van der Waals surface area (Å²) < 4.78 is 12.7. The van der Waals surface area contributed by atoms with E-state index in [0.29, 0.717) is 0 Å². The molecule has 1 unspecified atom stereocenters. The molecule has 130 valence electrons. The normalized spacial score (nSPS) is 42.1. The van der Waals surface area contributed by atoms with E-state index in [1.165, 1.54) is 6.92 Å². The summed E-state index contributed by atoms with van der Waals surface area (Å²) in [5.74, 6) is -1.60. The lowest BCUT2D eigenvalue weighted by Crippen LogP contribution is -2.62. The highest BCUT2D eigenvalue weighted by Gasteiger charge is 2.48. The maximum atomic E-state index is 12.2. The van der Waals surface area contributed by atoms with Crippen LogP contribution in [0.1, 0.15) is 8.29 Å². The Balaban J connectivity index is 2.97. The molecule has 0 aromatic rings. The molecule has 9 atom stereocenters. The lowest BCUT2D eigenvalue weighted by Gasteiger charge is -2.39. The fourth-order valence-corrected chi connectivity index (χ4v) is 1.99. The van der Waals surface area contributed by atoms with Crippen molar-refractivity contribution >= 4 is 5.78 Å². The molecule has 0 aliphatic carbocycles. The van der Waals surface area contributed by atoms with Crippen LogP contribution in [0.4, 0.5) is 0 Å². The molecule has 22 heavy (non-hydrogen) atoms. The SMILES string of the molecule is [2H]C1(C(=O)[C@@H](O)[C@@H](O)[C@H](O)[C@H](O)CO)O[C@@H](C)[C@H](O)[C@@H](O)[C@H]1O. The number of ketones is 1. The molecule has 0 bridgehead atoms. The smallest absolute Gasteiger partial charge is 0.195 e. The molecule has 1 aliphatic heterocycles. The van der Waals surface area contributed by atoms with Crippen molar-refractivity contribution in [3.8, 4) is 0 Å². The second-order valence-corrected chi connectivity index (χ2v) is 5.15. The molecule has 8 N–H and O–H groups in total. The number of hydrogen-bond acceptors (Lipinski definition) is 10. The van der Waals surface area contributed by atoms with Gasteiger partial charge in [-0.05, 0) is 6.92 Å². The van der Waals surface area contributed by atoms with Crippen molar-refractivity contribution in [3.63, 3.8) is 0 Å². The maximum Gasteiger partial charge on any atom is 0.195 e. The van der Waals surface area contributed by atoms with Gasteiger partial charge in [0.1, 0.15) is 48.8 Å². The number of carbonyl (C=O) groups is 1. The first kappa shape index (κ1) is 17.7. The number of aliphatic hydroxyl groups excluding tert-OH is 8. The number of Topliss-reactive ketones (excluding diaryl/α,β-unsaturated/α-hetero) is 1. The summed E-state index contributed by atoms with van der Waals surface area (Å²) in [4.78, 5) is 12.2. The minimum atomic E-state index is -2.91. The van der Waals surface area contributed by atoms with E-state index in [9.17, 15) is 40.5 Å². The second-order valence-electron chi connectivity index (χ2n) is 5.15. The molecule has 0 saturated carbocycles. The second kappa shape index (κ2) is 7.73. The zero-order valence-electron chi connectivity index (χ0n) is 12.7. The molecule has 1 fully saturated rings. The van der Waals surface area contributed by atoms with Gasteiger partial charge in [-0.15, -0.1) is 0 Å². The molecule has 1 heterocycles. The lowest BCUT2D eigenvalue weighted by atomic mass is 9.89. The summed E-state index contributed by atoms with van der Waals surface area (Å²) in [5, 5.41) is 75.7. The Morgan fingerprint density at radius 2 is 1.64 bits per heavy atom. The topological polar surface area (TPSA) is 188 Å². The van der Waals surface area contributed by atoms with E-state index in [1.54, 1.807) is 0 Å². The lowest BCUT2D eigenvalue weighted by molar-refractivity contribution is -0.221. The van der Waals surface area contributed by atoms with Crippen LogP contribution in [-0.2, 0) is 9.53 Å². The Labute approximate surface area is 127 Å². The first-order valence-electron chi connectivity index (χ1n) is 7.08. The summed E-state index contributed by atoms with van der Waals surface area (Å²) >= 11 is 0. The van der Waals surface area contributed by atoms with Crippen molar-refractivity contribution in [2.24, 2.45) is 0 Å². The Bertz CT molecular complexity index is 423. The minimum Gasteiger partial charge on any atom is -0.394 e. The number of rotatable bonds is 6. The van der Waals surface area contributed by atoms with Gasteiger partial charge in [-0.1, -0.05) is 0 Å². The average molecular weight is 327 g/mol. The molecule has 1 aliphatic rings. The highest BCUT2D eigenvalue weighted by atomic mass is 16.5. The Morgan fingerprint density at radius 3 is 2.14 bits per heavy atom. The van der Waals surface area contributed by atoms with Crippen molar-refractivity contribution in [2.75, 3.05) is 6.61 Å². The van der Waals surface area contributed by atoms with Crippen LogP contribution in [0.15, 0.2) is 0 Å². The zero-order chi connectivity index (χ0) is 18.1. The molecule has 0 amide bonds. The summed E-state index contributed by atoms with van der Waals surface area (Å²) in [6.45, 7) is 0.246. The molecule has 1 saturated heterocycles. The van der Waals surface area contributed by atoms with Gasteiger partial charge in [0.2, 0.25) is 0 Å².